The van der Waals surface area contributed by atoms with Crippen molar-refractivity contribution in [1.29, 1.82) is 0 Å². The summed E-state index contributed by atoms with van der Waals surface area (Å²) in [6.07, 6.45) is 1.52. The number of aromatic nitrogens is 2. The molecule has 1 aromatic carbocycles. The van der Waals surface area contributed by atoms with Gasteiger partial charge in [-0.05, 0) is 45.7 Å². The van der Waals surface area contributed by atoms with Gasteiger partial charge < -0.3 is 5.32 Å². The largest absolute Gasteiger partial charge is 0.353 e. The zero-order chi connectivity index (χ0) is 20.5. The second-order valence-electron chi connectivity index (χ2n) is 7.51. The molecule has 1 aliphatic heterocycles. The highest BCUT2D eigenvalue weighted by molar-refractivity contribution is 7.89. The van der Waals surface area contributed by atoms with E-state index in [-0.39, 0.29) is 11.9 Å². The Hall–Kier alpha value is -2.19. The van der Waals surface area contributed by atoms with E-state index in [1.54, 1.807) is 16.8 Å². The van der Waals surface area contributed by atoms with Gasteiger partial charge >= 0.3 is 0 Å². The zero-order valence-corrected chi connectivity index (χ0v) is 17.7. The summed E-state index contributed by atoms with van der Waals surface area (Å²) in [5, 5.41) is 7.40. The predicted molar refractivity (Wildman–Crippen MR) is 107 cm³/mol. The van der Waals surface area contributed by atoms with Crippen LogP contribution in [-0.4, -0.2) is 47.5 Å². The van der Waals surface area contributed by atoms with E-state index >= 15 is 0 Å². The molecule has 1 aliphatic rings. The van der Waals surface area contributed by atoms with E-state index in [0.29, 0.717) is 37.2 Å². The number of carbonyl (C=O) groups is 1. The summed E-state index contributed by atoms with van der Waals surface area (Å²) in [5.41, 5.74) is 3.85. The molecule has 0 spiro atoms. The molecule has 1 fully saturated rings. The number of sulfonamides is 1. The van der Waals surface area contributed by atoms with Crippen molar-refractivity contribution in [3.63, 3.8) is 0 Å². The van der Waals surface area contributed by atoms with Crippen molar-refractivity contribution in [2.75, 3.05) is 13.1 Å². The van der Waals surface area contributed by atoms with Crippen molar-refractivity contribution in [3.8, 4) is 0 Å². The van der Waals surface area contributed by atoms with Crippen LogP contribution >= 0.6 is 0 Å². The summed E-state index contributed by atoms with van der Waals surface area (Å²) in [5.74, 6) is -0.0426. The van der Waals surface area contributed by atoms with E-state index in [1.165, 1.54) is 4.31 Å². The number of hydrogen-bond acceptors (Lipinski definition) is 4. The molecule has 8 heteroatoms. The second kappa shape index (κ2) is 8.05. The molecule has 0 aliphatic carbocycles. The standard InChI is InChI=1S/C20H28N4O3S/c1-14-5-7-18(8-6-14)28(26,27)24-11-9-17(10-12-24)21-20(25)13-19-15(2)22-23(4)16(19)3/h5-8,17H,9-13H2,1-4H3,(H,21,25). The molecule has 0 saturated carbocycles. The summed E-state index contributed by atoms with van der Waals surface area (Å²) >= 11 is 0. The van der Waals surface area contributed by atoms with Crippen molar-refractivity contribution in [1.82, 2.24) is 19.4 Å². The van der Waals surface area contributed by atoms with Gasteiger partial charge in [0.25, 0.3) is 0 Å². The van der Waals surface area contributed by atoms with Gasteiger partial charge in [0.2, 0.25) is 15.9 Å². The molecule has 0 bridgehead atoms. The number of piperidine rings is 1. The number of aryl methyl sites for hydroxylation is 3. The minimum absolute atomic E-state index is 0.00532. The lowest BCUT2D eigenvalue weighted by molar-refractivity contribution is -0.121. The Labute approximate surface area is 166 Å². The third-order valence-corrected chi connectivity index (χ3v) is 7.39. The van der Waals surface area contributed by atoms with Gasteiger partial charge in [-0.25, -0.2) is 8.42 Å². The topological polar surface area (TPSA) is 84.3 Å². The molecule has 2 aromatic rings. The quantitative estimate of drug-likeness (QED) is 0.824. The first kappa shape index (κ1) is 20.5. The van der Waals surface area contributed by atoms with E-state index in [4.69, 9.17) is 0 Å². The monoisotopic (exact) mass is 404 g/mol. The molecule has 152 valence electrons. The van der Waals surface area contributed by atoms with Crippen molar-refractivity contribution < 1.29 is 13.2 Å². The van der Waals surface area contributed by atoms with Crippen molar-refractivity contribution in [3.05, 3.63) is 46.8 Å². The van der Waals surface area contributed by atoms with Gasteiger partial charge in [0.1, 0.15) is 0 Å². The number of carbonyl (C=O) groups excluding carboxylic acids is 1. The Morgan fingerprint density at radius 3 is 2.29 bits per heavy atom. The molecule has 3 rings (SSSR count). The third kappa shape index (κ3) is 4.28. The molecule has 1 N–H and O–H groups in total. The number of benzene rings is 1. The summed E-state index contributed by atoms with van der Waals surface area (Å²) in [7, 11) is -1.61. The minimum Gasteiger partial charge on any atom is -0.353 e. The molecular formula is C20H28N4O3S. The fourth-order valence-corrected chi connectivity index (χ4v) is 5.08. The first-order chi connectivity index (χ1) is 13.2. The summed E-state index contributed by atoms with van der Waals surface area (Å²) in [6.45, 7) is 6.61. The Balaban J connectivity index is 1.56. The minimum atomic E-state index is -3.48. The fourth-order valence-electron chi connectivity index (χ4n) is 3.61. The average molecular weight is 405 g/mol. The summed E-state index contributed by atoms with van der Waals surface area (Å²) in [4.78, 5) is 12.8. The van der Waals surface area contributed by atoms with E-state index < -0.39 is 10.0 Å². The Kier molecular flexibility index (Phi) is 5.90. The van der Waals surface area contributed by atoms with Crippen LogP contribution in [0.15, 0.2) is 29.2 Å². The van der Waals surface area contributed by atoms with E-state index in [1.807, 2.05) is 40.0 Å². The second-order valence-corrected chi connectivity index (χ2v) is 9.45. The van der Waals surface area contributed by atoms with Gasteiger partial charge in [-0.2, -0.15) is 9.40 Å². The SMILES string of the molecule is Cc1ccc(S(=O)(=O)N2CCC(NC(=O)Cc3c(C)nn(C)c3C)CC2)cc1. The van der Waals surface area contributed by atoms with E-state index in [0.717, 1.165) is 22.5 Å². The van der Waals surface area contributed by atoms with Crippen LogP contribution in [0.2, 0.25) is 0 Å². The number of nitrogens with one attached hydrogen (secondary N) is 1. The number of nitrogens with zero attached hydrogens (tertiary/aromatic N) is 3. The van der Waals surface area contributed by atoms with Crippen LogP contribution in [0.1, 0.15) is 35.4 Å². The lowest BCUT2D eigenvalue weighted by Crippen LogP contribution is -2.46. The highest BCUT2D eigenvalue weighted by atomic mass is 32.2. The first-order valence-corrected chi connectivity index (χ1v) is 11.0. The van der Waals surface area contributed by atoms with Crippen LogP contribution < -0.4 is 5.32 Å². The highest BCUT2D eigenvalue weighted by Gasteiger charge is 2.30. The van der Waals surface area contributed by atoms with Crippen LogP contribution in [0.25, 0.3) is 0 Å². The number of rotatable bonds is 5. The molecule has 0 radical (unpaired) electrons. The molecule has 2 heterocycles. The van der Waals surface area contributed by atoms with Gasteiger partial charge in [-0.1, -0.05) is 17.7 Å². The van der Waals surface area contributed by atoms with Crippen LogP contribution in [0.3, 0.4) is 0 Å². The van der Waals surface area contributed by atoms with Crippen molar-refractivity contribution in [2.24, 2.45) is 7.05 Å². The highest BCUT2D eigenvalue weighted by Crippen LogP contribution is 2.21. The molecule has 1 aromatic heterocycles. The van der Waals surface area contributed by atoms with Crippen LogP contribution in [-0.2, 0) is 28.3 Å². The van der Waals surface area contributed by atoms with Gasteiger partial charge in [-0.3, -0.25) is 9.48 Å². The van der Waals surface area contributed by atoms with Crippen LogP contribution in [0, 0.1) is 20.8 Å². The maximum Gasteiger partial charge on any atom is 0.243 e. The first-order valence-electron chi connectivity index (χ1n) is 9.53. The van der Waals surface area contributed by atoms with Crippen LogP contribution in [0.4, 0.5) is 0 Å². The Bertz CT molecular complexity index is 956. The van der Waals surface area contributed by atoms with Crippen LogP contribution in [0.5, 0.6) is 0 Å². The van der Waals surface area contributed by atoms with E-state index in [2.05, 4.69) is 10.4 Å². The third-order valence-electron chi connectivity index (χ3n) is 5.47. The molecule has 28 heavy (non-hydrogen) atoms. The molecular weight excluding hydrogens is 376 g/mol. The Morgan fingerprint density at radius 2 is 1.75 bits per heavy atom. The maximum absolute atomic E-state index is 12.8. The summed E-state index contributed by atoms with van der Waals surface area (Å²) in [6, 6.07) is 6.91. The lowest BCUT2D eigenvalue weighted by Gasteiger charge is -2.31. The lowest BCUT2D eigenvalue weighted by atomic mass is 10.1. The van der Waals surface area contributed by atoms with Crippen molar-refractivity contribution in [2.45, 2.75) is 51.0 Å². The molecule has 1 saturated heterocycles. The number of amides is 1. The molecule has 0 unspecified atom stereocenters. The predicted octanol–water partition coefficient (Wildman–Crippen LogP) is 1.86. The van der Waals surface area contributed by atoms with Crippen molar-refractivity contribution >= 4 is 15.9 Å². The average Bonchev–Trinajstić information content (AvgIpc) is 2.88. The van der Waals surface area contributed by atoms with Gasteiger partial charge in [0.15, 0.2) is 0 Å². The Morgan fingerprint density at radius 1 is 1.14 bits per heavy atom. The normalized spacial score (nSPS) is 16.3. The fraction of sp³-hybridized carbons (Fsp3) is 0.500. The molecule has 0 atom stereocenters. The van der Waals surface area contributed by atoms with Gasteiger partial charge in [-0.15, -0.1) is 0 Å². The molecule has 1 amide bonds. The summed E-state index contributed by atoms with van der Waals surface area (Å²) < 4.78 is 28.8. The van der Waals surface area contributed by atoms with Gasteiger partial charge in [0, 0.05) is 37.4 Å². The number of hydrogen-bond donors (Lipinski definition) is 1. The van der Waals surface area contributed by atoms with E-state index in [9.17, 15) is 13.2 Å². The maximum atomic E-state index is 12.8. The smallest absolute Gasteiger partial charge is 0.243 e. The molecule has 7 nitrogen and oxygen atoms in total. The van der Waals surface area contributed by atoms with Gasteiger partial charge in [0.05, 0.1) is 17.0 Å². The zero-order valence-electron chi connectivity index (χ0n) is 16.9.